The lowest BCUT2D eigenvalue weighted by Gasteiger charge is -2.30. The Balaban J connectivity index is 1.92. The Morgan fingerprint density at radius 1 is 1.23 bits per heavy atom. The van der Waals surface area contributed by atoms with Gasteiger partial charge in [-0.3, -0.25) is 9.69 Å². The van der Waals surface area contributed by atoms with E-state index in [0.717, 1.165) is 36.5 Å². The number of benzene rings is 1. The van der Waals surface area contributed by atoms with Crippen molar-refractivity contribution in [2.45, 2.75) is 45.1 Å². The lowest BCUT2D eigenvalue weighted by atomic mass is 10.1. The van der Waals surface area contributed by atoms with Crippen LogP contribution in [0.5, 0.6) is 0 Å². The average molecular weight is 323 g/mol. The summed E-state index contributed by atoms with van der Waals surface area (Å²) in [6.07, 6.45) is 6.09. The van der Waals surface area contributed by atoms with Crippen LogP contribution in [0.1, 0.15) is 50.6 Å². The molecule has 1 fully saturated rings. The number of hydrogen-bond acceptors (Lipinski definition) is 2. The van der Waals surface area contributed by atoms with Crippen LogP contribution >= 0.6 is 11.6 Å². The van der Waals surface area contributed by atoms with E-state index in [0.29, 0.717) is 6.54 Å². The third kappa shape index (κ3) is 4.99. The second-order valence-corrected chi connectivity index (χ2v) is 6.73. The Hall–Kier alpha value is -1.06. The zero-order chi connectivity index (χ0) is 15.9. The molecule has 0 saturated carbocycles. The molecule has 0 aromatic heterocycles. The average Bonchev–Trinajstić information content (AvgIpc) is 2.45. The predicted octanol–water partition coefficient (Wildman–Crippen LogP) is 4.13. The van der Waals surface area contributed by atoms with Gasteiger partial charge in [0.2, 0.25) is 5.91 Å². The second kappa shape index (κ2) is 8.54. The molecule has 1 aromatic rings. The van der Waals surface area contributed by atoms with Crippen molar-refractivity contribution in [2.75, 3.05) is 26.7 Å². The van der Waals surface area contributed by atoms with Crippen LogP contribution in [0, 0.1) is 0 Å². The van der Waals surface area contributed by atoms with Crippen molar-refractivity contribution < 1.29 is 4.79 Å². The lowest BCUT2D eigenvalue weighted by molar-refractivity contribution is -0.132. The largest absolute Gasteiger partial charge is 0.342 e. The molecule has 0 aliphatic carbocycles. The first-order valence-electron chi connectivity index (χ1n) is 8.31. The van der Waals surface area contributed by atoms with Crippen LogP contribution < -0.4 is 0 Å². The zero-order valence-corrected chi connectivity index (χ0v) is 14.5. The Bertz CT molecular complexity index is 484. The number of amides is 1. The molecule has 1 saturated heterocycles. The first-order valence-corrected chi connectivity index (χ1v) is 8.69. The fourth-order valence-electron chi connectivity index (χ4n) is 2.97. The Morgan fingerprint density at radius 2 is 1.86 bits per heavy atom. The number of likely N-dealkylation sites (N-methyl/N-ethyl adjacent to an activating group) is 1. The number of hydrogen-bond donors (Lipinski definition) is 0. The molecular weight excluding hydrogens is 296 g/mol. The SMILES string of the molecule is CC(c1cccc(Cl)c1)N(C)CC(=O)N1CCCCCCC1. The van der Waals surface area contributed by atoms with E-state index in [4.69, 9.17) is 11.6 Å². The van der Waals surface area contributed by atoms with Crippen LogP contribution in [0.15, 0.2) is 24.3 Å². The molecule has 1 aliphatic heterocycles. The molecule has 3 nitrogen and oxygen atoms in total. The molecule has 0 N–H and O–H groups in total. The number of rotatable bonds is 4. The summed E-state index contributed by atoms with van der Waals surface area (Å²) in [4.78, 5) is 16.7. The zero-order valence-electron chi connectivity index (χ0n) is 13.7. The quantitative estimate of drug-likeness (QED) is 0.832. The normalized spacial score (nSPS) is 17.9. The van der Waals surface area contributed by atoms with E-state index in [-0.39, 0.29) is 11.9 Å². The van der Waals surface area contributed by atoms with E-state index in [1.54, 1.807) is 0 Å². The van der Waals surface area contributed by atoms with Crippen molar-refractivity contribution in [1.29, 1.82) is 0 Å². The minimum absolute atomic E-state index is 0.178. The van der Waals surface area contributed by atoms with Gasteiger partial charge in [-0.2, -0.15) is 0 Å². The van der Waals surface area contributed by atoms with Gasteiger partial charge in [0.1, 0.15) is 0 Å². The Kier molecular flexibility index (Phi) is 6.71. The molecule has 1 aliphatic rings. The van der Waals surface area contributed by atoms with Crippen molar-refractivity contribution in [3.05, 3.63) is 34.9 Å². The number of halogens is 1. The van der Waals surface area contributed by atoms with E-state index in [9.17, 15) is 4.79 Å². The number of nitrogens with zero attached hydrogens (tertiary/aromatic N) is 2. The van der Waals surface area contributed by atoms with Crippen LogP contribution in [0.2, 0.25) is 5.02 Å². The number of carbonyl (C=O) groups excluding carboxylic acids is 1. The second-order valence-electron chi connectivity index (χ2n) is 6.29. The predicted molar refractivity (Wildman–Crippen MR) is 92.2 cm³/mol. The molecule has 1 aromatic carbocycles. The molecule has 1 amide bonds. The van der Waals surface area contributed by atoms with Crippen molar-refractivity contribution in [3.8, 4) is 0 Å². The smallest absolute Gasteiger partial charge is 0.236 e. The van der Waals surface area contributed by atoms with Gasteiger partial charge in [-0.1, -0.05) is 43.0 Å². The van der Waals surface area contributed by atoms with E-state index >= 15 is 0 Å². The molecule has 4 heteroatoms. The summed E-state index contributed by atoms with van der Waals surface area (Å²) in [6.45, 7) is 4.41. The highest BCUT2D eigenvalue weighted by Gasteiger charge is 2.19. The molecule has 1 unspecified atom stereocenters. The minimum Gasteiger partial charge on any atom is -0.342 e. The van der Waals surface area contributed by atoms with Gasteiger partial charge in [-0.25, -0.2) is 0 Å². The summed E-state index contributed by atoms with van der Waals surface area (Å²) in [6, 6.07) is 8.06. The Labute approximate surface area is 139 Å². The molecule has 122 valence electrons. The maximum Gasteiger partial charge on any atom is 0.236 e. The molecule has 1 heterocycles. The Morgan fingerprint density at radius 3 is 2.50 bits per heavy atom. The van der Waals surface area contributed by atoms with Gasteiger partial charge in [0, 0.05) is 24.2 Å². The highest BCUT2D eigenvalue weighted by atomic mass is 35.5. The summed E-state index contributed by atoms with van der Waals surface area (Å²) in [7, 11) is 2.01. The topological polar surface area (TPSA) is 23.6 Å². The van der Waals surface area contributed by atoms with Gasteiger partial charge >= 0.3 is 0 Å². The summed E-state index contributed by atoms with van der Waals surface area (Å²) < 4.78 is 0. The molecule has 0 radical (unpaired) electrons. The molecular formula is C18H27ClN2O. The van der Waals surface area contributed by atoms with E-state index in [1.807, 2.05) is 30.1 Å². The number of likely N-dealkylation sites (tertiary alicyclic amines) is 1. The molecule has 0 spiro atoms. The highest BCUT2D eigenvalue weighted by molar-refractivity contribution is 6.30. The summed E-state index contributed by atoms with van der Waals surface area (Å²) >= 11 is 6.06. The van der Waals surface area contributed by atoms with Crippen LogP contribution in [-0.4, -0.2) is 42.4 Å². The van der Waals surface area contributed by atoms with Crippen molar-refractivity contribution in [1.82, 2.24) is 9.80 Å². The van der Waals surface area contributed by atoms with E-state index in [1.165, 1.54) is 19.3 Å². The minimum atomic E-state index is 0.178. The van der Waals surface area contributed by atoms with Crippen molar-refractivity contribution in [3.63, 3.8) is 0 Å². The third-order valence-electron chi connectivity index (χ3n) is 4.59. The fraction of sp³-hybridized carbons (Fsp3) is 0.611. The van der Waals surface area contributed by atoms with Gasteiger partial charge in [0.25, 0.3) is 0 Å². The standard InChI is InChI=1S/C18H27ClN2O/c1-15(16-9-8-10-17(19)13-16)20(2)14-18(22)21-11-6-4-3-5-7-12-21/h8-10,13,15H,3-7,11-12,14H2,1-2H3. The van der Waals surface area contributed by atoms with Gasteiger partial charge in [0.05, 0.1) is 6.54 Å². The van der Waals surface area contributed by atoms with Gasteiger partial charge in [-0.15, -0.1) is 0 Å². The first-order chi connectivity index (χ1) is 10.6. The summed E-state index contributed by atoms with van der Waals surface area (Å²) in [5.41, 5.74) is 1.15. The van der Waals surface area contributed by atoms with E-state index < -0.39 is 0 Å². The summed E-state index contributed by atoms with van der Waals surface area (Å²) in [5, 5.41) is 0.743. The van der Waals surface area contributed by atoms with Crippen LogP contribution in [-0.2, 0) is 4.79 Å². The molecule has 0 bridgehead atoms. The summed E-state index contributed by atoms with van der Waals surface area (Å²) in [5.74, 6) is 0.248. The maximum absolute atomic E-state index is 12.5. The van der Waals surface area contributed by atoms with Gasteiger partial charge < -0.3 is 4.90 Å². The van der Waals surface area contributed by atoms with Crippen LogP contribution in [0.3, 0.4) is 0 Å². The highest BCUT2D eigenvalue weighted by Crippen LogP contribution is 2.22. The lowest BCUT2D eigenvalue weighted by Crippen LogP contribution is -2.41. The van der Waals surface area contributed by atoms with Crippen LogP contribution in [0.25, 0.3) is 0 Å². The van der Waals surface area contributed by atoms with Crippen molar-refractivity contribution in [2.24, 2.45) is 0 Å². The van der Waals surface area contributed by atoms with Gasteiger partial charge in [0.15, 0.2) is 0 Å². The maximum atomic E-state index is 12.5. The molecule has 1 atom stereocenters. The third-order valence-corrected chi connectivity index (χ3v) is 4.82. The number of carbonyl (C=O) groups is 1. The van der Waals surface area contributed by atoms with Crippen molar-refractivity contribution >= 4 is 17.5 Å². The first kappa shape index (κ1) is 17.3. The monoisotopic (exact) mass is 322 g/mol. The van der Waals surface area contributed by atoms with Gasteiger partial charge in [-0.05, 0) is 44.5 Å². The fourth-order valence-corrected chi connectivity index (χ4v) is 3.17. The molecule has 2 rings (SSSR count). The van der Waals surface area contributed by atoms with Crippen LogP contribution in [0.4, 0.5) is 0 Å². The molecule has 22 heavy (non-hydrogen) atoms. The van der Waals surface area contributed by atoms with E-state index in [2.05, 4.69) is 17.9 Å².